The summed E-state index contributed by atoms with van der Waals surface area (Å²) in [6.07, 6.45) is 0. The third kappa shape index (κ3) is 4.89. The maximum Gasteiger partial charge on any atom is 0.240 e. The maximum atomic E-state index is 12.9. The molecule has 1 N–H and O–H groups in total. The van der Waals surface area contributed by atoms with E-state index in [1.165, 1.54) is 5.56 Å². The van der Waals surface area contributed by atoms with E-state index in [0.29, 0.717) is 22.8 Å². The Morgan fingerprint density at radius 3 is 2.56 bits per heavy atom. The number of methoxy groups -OCH3 is 1. The molecule has 3 rings (SSSR count). The van der Waals surface area contributed by atoms with Gasteiger partial charge in [0.05, 0.1) is 12.0 Å². The number of aryl methyl sites for hydroxylation is 1. The third-order valence-corrected chi connectivity index (χ3v) is 7.33. The van der Waals surface area contributed by atoms with Crippen LogP contribution in [0.4, 0.5) is 0 Å². The fourth-order valence-corrected chi connectivity index (χ4v) is 5.34. The van der Waals surface area contributed by atoms with Crippen LogP contribution >= 0.6 is 11.3 Å². The minimum absolute atomic E-state index is 0.0401. The lowest BCUT2D eigenvalue weighted by molar-refractivity contribution is 0.113. The molecule has 2 heterocycles. The lowest BCUT2D eigenvalue weighted by Gasteiger charge is -2.38. The highest BCUT2D eigenvalue weighted by Crippen LogP contribution is 2.25. The molecule has 1 aromatic carbocycles. The second-order valence-electron chi connectivity index (χ2n) is 6.90. The largest absolute Gasteiger partial charge is 0.497 e. The first-order chi connectivity index (χ1) is 12.9. The van der Waals surface area contributed by atoms with Gasteiger partial charge < -0.3 is 9.64 Å². The SMILES string of the molecule is COc1ccc(S(=O)(=O)NC[C@@H](c2ccsc2)N2CCN(C)CC2)c(C)c1. The molecule has 0 amide bonds. The summed E-state index contributed by atoms with van der Waals surface area (Å²) >= 11 is 1.64. The molecule has 6 nitrogen and oxygen atoms in total. The van der Waals surface area contributed by atoms with Crippen molar-refractivity contribution in [2.45, 2.75) is 17.9 Å². The molecular weight excluding hydrogens is 382 g/mol. The fourth-order valence-electron chi connectivity index (χ4n) is 3.37. The molecule has 0 saturated carbocycles. The van der Waals surface area contributed by atoms with Crippen LogP contribution in [0.15, 0.2) is 39.9 Å². The Kier molecular flexibility index (Phi) is 6.54. The number of hydrogen-bond donors (Lipinski definition) is 1. The molecule has 1 aliphatic rings. The van der Waals surface area contributed by atoms with Gasteiger partial charge in [-0.25, -0.2) is 13.1 Å². The van der Waals surface area contributed by atoms with Crippen LogP contribution in [0.5, 0.6) is 5.75 Å². The summed E-state index contributed by atoms with van der Waals surface area (Å²) in [6, 6.07) is 7.15. The number of nitrogens with zero attached hydrogens (tertiary/aromatic N) is 2. The molecule has 1 fully saturated rings. The van der Waals surface area contributed by atoms with E-state index in [9.17, 15) is 8.42 Å². The minimum Gasteiger partial charge on any atom is -0.497 e. The van der Waals surface area contributed by atoms with Gasteiger partial charge in [-0.05, 0) is 60.1 Å². The lowest BCUT2D eigenvalue weighted by Crippen LogP contribution is -2.48. The second-order valence-corrected chi connectivity index (χ2v) is 9.41. The highest BCUT2D eigenvalue weighted by molar-refractivity contribution is 7.89. The van der Waals surface area contributed by atoms with Gasteiger partial charge in [0.2, 0.25) is 10.0 Å². The molecule has 1 saturated heterocycles. The number of thiophene rings is 1. The Labute approximate surface area is 165 Å². The Bertz CT molecular complexity index is 845. The monoisotopic (exact) mass is 409 g/mol. The van der Waals surface area contributed by atoms with Crippen molar-refractivity contribution in [3.63, 3.8) is 0 Å². The number of hydrogen-bond acceptors (Lipinski definition) is 6. The van der Waals surface area contributed by atoms with Crippen LogP contribution in [0.2, 0.25) is 0 Å². The van der Waals surface area contributed by atoms with Gasteiger partial charge in [0, 0.05) is 38.8 Å². The Hall–Kier alpha value is -1.45. The van der Waals surface area contributed by atoms with E-state index in [-0.39, 0.29) is 6.04 Å². The van der Waals surface area contributed by atoms with Crippen molar-refractivity contribution in [1.29, 1.82) is 0 Å². The zero-order valence-corrected chi connectivity index (χ0v) is 17.6. The van der Waals surface area contributed by atoms with Crippen molar-refractivity contribution < 1.29 is 13.2 Å². The van der Waals surface area contributed by atoms with E-state index >= 15 is 0 Å². The summed E-state index contributed by atoms with van der Waals surface area (Å²) in [5.74, 6) is 0.653. The van der Waals surface area contributed by atoms with Crippen LogP contribution < -0.4 is 9.46 Å². The number of rotatable bonds is 7. The van der Waals surface area contributed by atoms with E-state index < -0.39 is 10.0 Å². The molecule has 1 aliphatic heterocycles. The molecular formula is C19H27N3O3S2. The zero-order chi connectivity index (χ0) is 19.4. The topological polar surface area (TPSA) is 61.9 Å². The van der Waals surface area contributed by atoms with Gasteiger partial charge in [0.15, 0.2) is 0 Å². The van der Waals surface area contributed by atoms with Crippen molar-refractivity contribution >= 4 is 21.4 Å². The smallest absolute Gasteiger partial charge is 0.240 e. The van der Waals surface area contributed by atoms with Crippen molar-refractivity contribution in [2.75, 3.05) is 46.9 Å². The average Bonchev–Trinajstić information content (AvgIpc) is 3.17. The van der Waals surface area contributed by atoms with E-state index in [4.69, 9.17) is 4.74 Å². The maximum absolute atomic E-state index is 12.9. The summed E-state index contributed by atoms with van der Waals surface area (Å²) in [6.45, 7) is 5.98. The standard InChI is InChI=1S/C19H27N3O3S2/c1-15-12-17(25-3)4-5-19(15)27(23,24)20-13-18(16-6-11-26-14-16)22-9-7-21(2)8-10-22/h4-6,11-12,14,18,20H,7-10,13H2,1-3H3/t18-/m0/s1. The van der Waals surface area contributed by atoms with Crippen molar-refractivity contribution in [3.05, 3.63) is 46.2 Å². The molecule has 0 radical (unpaired) electrons. The Morgan fingerprint density at radius 1 is 1.22 bits per heavy atom. The summed E-state index contributed by atoms with van der Waals surface area (Å²) < 4.78 is 33.8. The van der Waals surface area contributed by atoms with Crippen molar-refractivity contribution in [2.24, 2.45) is 0 Å². The van der Waals surface area contributed by atoms with Crippen LogP contribution in [0.3, 0.4) is 0 Å². The summed E-state index contributed by atoms with van der Waals surface area (Å²) in [4.78, 5) is 4.96. The number of nitrogens with one attached hydrogen (secondary N) is 1. The molecule has 0 bridgehead atoms. The Balaban J connectivity index is 1.76. The first-order valence-corrected chi connectivity index (χ1v) is 11.4. The lowest BCUT2D eigenvalue weighted by atomic mass is 10.1. The zero-order valence-electron chi connectivity index (χ0n) is 16.0. The van der Waals surface area contributed by atoms with Gasteiger partial charge in [0.25, 0.3) is 0 Å². The molecule has 0 spiro atoms. The first-order valence-electron chi connectivity index (χ1n) is 8.99. The molecule has 0 unspecified atom stereocenters. The molecule has 0 aliphatic carbocycles. The highest BCUT2D eigenvalue weighted by atomic mass is 32.2. The molecule has 148 valence electrons. The van der Waals surface area contributed by atoms with Gasteiger partial charge in [-0.3, -0.25) is 4.90 Å². The van der Waals surface area contributed by atoms with Gasteiger partial charge >= 0.3 is 0 Å². The van der Waals surface area contributed by atoms with Crippen LogP contribution in [0.1, 0.15) is 17.2 Å². The summed E-state index contributed by atoms with van der Waals surface area (Å²) in [5, 5.41) is 4.15. The normalized spacial score (nSPS) is 17.7. The van der Waals surface area contributed by atoms with E-state index in [2.05, 4.69) is 33.0 Å². The Morgan fingerprint density at radius 2 is 1.96 bits per heavy atom. The predicted octanol–water partition coefficient (Wildman–Crippen LogP) is 2.33. The number of benzene rings is 1. The molecule has 2 aromatic rings. The predicted molar refractivity (Wildman–Crippen MR) is 109 cm³/mol. The van der Waals surface area contributed by atoms with Gasteiger partial charge in [-0.15, -0.1) is 0 Å². The number of sulfonamides is 1. The number of likely N-dealkylation sites (N-methyl/N-ethyl adjacent to an activating group) is 1. The molecule has 8 heteroatoms. The van der Waals surface area contributed by atoms with Crippen LogP contribution in [-0.2, 0) is 10.0 Å². The van der Waals surface area contributed by atoms with Gasteiger partial charge in [-0.2, -0.15) is 11.3 Å². The average molecular weight is 410 g/mol. The van der Waals surface area contributed by atoms with Crippen LogP contribution in [0.25, 0.3) is 0 Å². The number of piperazine rings is 1. The van der Waals surface area contributed by atoms with Crippen LogP contribution in [0, 0.1) is 6.92 Å². The molecule has 1 aromatic heterocycles. The summed E-state index contributed by atoms with van der Waals surface area (Å²) in [5.41, 5.74) is 1.84. The third-order valence-electron chi connectivity index (χ3n) is 5.04. The fraction of sp³-hybridized carbons (Fsp3) is 0.474. The van der Waals surface area contributed by atoms with E-state index in [1.807, 2.05) is 5.38 Å². The molecule has 1 atom stereocenters. The minimum atomic E-state index is -3.59. The quantitative estimate of drug-likeness (QED) is 0.761. The van der Waals surface area contributed by atoms with Crippen molar-refractivity contribution in [1.82, 2.24) is 14.5 Å². The highest BCUT2D eigenvalue weighted by Gasteiger charge is 2.26. The van der Waals surface area contributed by atoms with Gasteiger partial charge in [-0.1, -0.05) is 0 Å². The van der Waals surface area contributed by atoms with E-state index in [1.54, 1.807) is 43.6 Å². The first kappa shape index (κ1) is 20.3. The van der Waals surface area contributed by atoms with Crippen molar-refractivity contribution in [3.8, 4) is 5.75 Å². The van der Waals surface area contributed by atoms with Gasteiger partial charge in [0.1, 0.15) is 5.75 Å². The molecule has 27 heavy (non-hydrogen) atoms. The second kappa shape index (κ2) is 8.70. The summed E-state index contributed by atoms with van der Waals surface area (Å²) in [7, 11) is 0.0985. The van der Waals surface area contributed by atoms with E-state index in [0.717, 1.165) is 26.2 Å². The number of ether oxygens (including phenoxy) is 1. The van der Waals surface area contributed by atoms with Crippen LogP contribution in [-0.4, -0.2) is 65.1 Å².